The molecule has 2 unspecified atom stereocenters. The lowest BCUT2D eigenvalue weighted by Crippen LogP contribution is -2.38. The van der Waals surface area contributed by atoms with Crippen molar-refractivity contribution in [3.63, 3.8) is 0 Å². The minimum atomic E-state index is -0.584. The lowest BCUT2D eigenvalue weighted by atomic mass is 10.1. The predicted octanol–water partition coefficient (Wildman–Crippen LogP) is 4.83. The molecule has 0 amide bonds. The first-order valence-electron chi connectivity index (χ1n) is 16.4. The summed E-state index contributed by atoms with van der Waals surface area (Å²) in [5.74, 6) is 0.772. The molecule has 52 heavy (non-hydrogen) atoms. The van der Waals surface area contributed by atoms with Gasteiger partial charge in [-0.05, 0) is 23.3 Å². The minimum Gasteiger partial charge on any atom is -0.486 e. The number of nitro groups is 2. The summed E-state index contributed by atoms with van der Waals surface area (Å²) in [5.41, 5.74) is 2.40. The van der Waals surface area contributed by atoms with Crippen LogP contribution in [0, 0.1) is 31.6 Å². The number of carbonyl (C=O) groups is 1. The van der Waals surface area contributed by atoms with E-state index in [1.165, 1.54) is 31.4 Å². The van der Waals surface area contributed by atoms with Gasteiger partial charge in [0.15, 0.2) is 23.0 Å². The molecular formula is C37H37N5O10. The van der Waals surface area contributed by atoms with E-state index < -0.39 is 15.8 Å². The van der Waals surface area contributed by atoms with Crippen molar-refractivity contribution in [1.29, 1.82) is 5.26 Å². The van der Waals surface area contributed by atoms with Crippen LogP contribution >= 0.6 is 0 Å². The zero-order chi connectivity index (χ0) is 36.9. The number of hydrogen-bond acceptors (Lipinski definition) is 13. The molecular weight excluding hydrogens is 674 g/mol. The molecule has 4 aromatic carbocycles. The van der Waals surface area contributed by atoms with Crippen molar-refractivity contribution in [2.24, 2.45) is 0 Å². The summed E-state index contributed by atoms with van der Waals surface area (Å²) in [7, 11) is 1.23. The largest absolute Gasteiger partial charge is 0.486 e. The lowest BCUT2D eigenvalue weighted by molar-refractivity contribution is -0.385. The predicted molar refractivity (Wildman–Crippen MR) is 187 cm³/mol. The molecule has 2 atom stereocenters. The van der Waals surface area contributed by atoms with Crippen LogP contribution in [-0.2, 0) is 35.5 Å². The topological polar surface area (TPSA) is 197 Å². The van der Waals surface area contributed by atoms with E-state index >= 15 is 0 Å². The number of rotatable bonds is 13. The second kappa shape index (κ2) is 18.1. The Morgan fingerprint density at radius 2 is 1.23 bits per heavy atom. The SMILES string of the molecule is COC(=O)Cc1c([N+](=O)[O-])ccc2c1OC(CNCc1ccccc1)CO2.N#CCc1c([N+](=O)[O-])ccc2c1OC(CNCc1ccccc1)CO2. The molecule has 0 radical (unpaired) electrons. The molecule has 15 nitrogen and oxygen atoms in total. The van der Waals surface area contributed by atoms with Crippen LogP contribution in [0.4, 0.5) is 11.4 Å². The molecule has 0 aromatic heterocycles. The van der Waals surface area contributed by atoms with Crippen molar-refractivity contribution in [2.75, 3.05) is 33.4 Å². The van der Waals surface area contributed by atoms with Crippen LogP contribution in [0.25, 0.3) is 0 Å². The summed E-state index contributed by atoms with van der Waals surface area (Å²) >= 11 is 0. The Balaban J connectivity index is 0.000000202. The average molecular weight is 712 g/mol. The van der Waals surface area contributed by atoms with Crippen LogP contribution in [0.15, 0.2) is 84.9 Å². The van der Waals surface area contributed by atoms with Gasteiger partial charge >= 0.3 is 5.97 Å². The summed E-state index contributed by atoms with van der Waals surface area (Å²) in [6.07, 6.45) is -0.980. The third kappa shape index (κ3) is 9.71. The fourth-order valence-corrected chi connectivity index (χ4v) is 5.57. The lowest BCUT2D eigenvalue weighted by Gasteiger charge is -2.28. The van der Waals surface area contributed by atoms with Crippen LogP contribution in [0.3, 0.4) is 0 Å². The maximum absolute atomic E-state index is 11.7. The van der Waals surface area contributed by atoms with Crippen molar-refractivity contribution < 1.29 is 38.3 Å². The first-order chi connectivity index (χ1) is 25.3. The molecule has 4 aromatic rings. The van der Waals surface area contributed by atoms with Crippen LogP contribution < -0.4 is 29.6 Å². The highest BCUT2D eigenvalue weighted by Crippen LogP contribution is 2.41. The molecule has 2 aliphatic heterocycles. The second-order valence-electron chi connectivity index (χ2n) is 11.7. The number of nitriles is 1. The molecule has 0 saturated heterocycles. The monoisotopic (exact) mass is 711 g/mol. The Bertz CT molecular complexity index is 1900. The van der Waals surface area contributed by atoms with Gasteiger partial charge in [-0.15, -0.1) is 0 Å². The maximum atomic E-state index is 11.7. The van der Waals surface area contributed by atoms with Gasteiger partial charge in [0.1, 0.15) is 25.4 Å². The second-order valence-corrected chi connectivity index (χ2v) is 11.7. The third-order valence-corrected chi connectivity index (χ3v) is 8.10. The third-order valence-electron chi connectivity index (χ3n) is 8.10. The van der Waals surface area contributed by atoms with Gasteiger partial charge in [-0.3, -0.25) is 25.0 Å². The summed E-state index contributed by atoms with van der Waals surface area (Å²) in [4.78, 5) is 33.2. The van der Waals surface area contributed by atoms with Gasteiger partial charge in [-0.2, -0.15) is 5.26 Å². The molecule has 6 rings (SSSR count). The number of benzene rings is 4. The number of nitro benzene ring substituents is 2. The van der Waals surface area contributed by atoms with E-state index in [1.807, 2.05) is 66.7 Å². The summed E-state index contributed by atoms with van der Waals surface area (Å²) in [6.45, 7) is 3.03. The minimum absolute atomic E-state index is 0.104. The standard InChI is InChI=1S/C19H20N2O6.C18H17N3O4/c1-25-18(22)9-15-16(21(23)24)7-8-17-19(15)27-14(12-26-17)11-20-10-13-5-3-2-4-6-13;19-9-8-15-16(21(22)23)6-7-17-18(15)25-14(12-24-17)11-20-10-13-4-2-1-3-5-13/h2-8,14,20H,9-12H2,1H3;1-7,14,20H,8,10-12H2. The van der Waals surface area contributed by atoms with Gasteiger partial charge in [0.2, 0.25) is 0 Å². The highest BCUT2D eigenvalue weighted by Gasteiger charge is 2.31. The fourth-order valence-electron chi connectivity index (χ4n) is 5.57. The highest BCUT2D eigenvalue weighted by molar-refractivity contribution is 5.76. The van der Waals surface area contributed by atoms with E-state index in [-0.39, 0.29) is 53.3 Å². The molecule has 0 spiro atoms. The number of fused-ring (bicyclic) bond motifs is 2. The maximum Gasteiger partial charge on any atom is 0.310 e. The van der Waals surface area contributed by atoms with E-state index in [1.54, 1.807) is 0 Å². The number of carbonyl (C=O) groups excluding carboxylic acids is 1. The Morgan fingerprint density at radius 1 is 0.769 bits per heavy atom. The molecule has 2 N–H and O–H groups in total. The zero-order valence-corrected chi connectivity index (χ0v) is 28.3. The first kappa shape index (κ1) is 37.0. The number of nitrogens with zero attached hydrogens (tertiary/aromatic N) is 3. The molecule has 0 aliphatic carbocycles. The Kier molecular flexibility index (Phi) is 12.9. The van der Waals surface area contributed by atoms with Gasteiger partial charge < -0.3 is 34.3 Å². The van der Waals surface area contributed by atoms with Gasteiger partial charge in [0.25, 0.3) is 11.4 Å². The van der Waals surface area contributed by atoms with E-state index in [4.69, 9.17) is 24.2 Å². The number of esters is 1. The Labute approximate surface area is 299 Å². The van der Waals surface area contributed by atoms with Crippen molar-refractivity contribution >= 4 is 17.3 Å². The molecule has 15 heteroatoms. The first-order valence-corrected chi connectivity index (χ1v) is 16.4. The van der Waals surface area contributed by atoms with Gasteiger partial charge in [0.05, 0.1) is 47.0 Å². The zero-order valence-electron chi connectivity index (χ0n) is 28.3. The van der Waals surface area contributed by atoms with Gasteiger partial charge in [-0.25, -0.2) is 0 Å². The smallest absolute Gasteiger partial charge is 0.310 e. The van der Waals surface area contributed by atoms with E-state index in [0.29, 0.717) is 56.6 Å². The van der Waals surface area contributed by atoms with Crippen LogP contribution in [-0.4, -0.2) is 61.4 Å². The van der Waals surface area contributed by atoms with E-state index in [0.717, 1.165) is 11.1 Å². The number of nitrogens with one attached hydrogen (secondary N) is 2. The summed E-state index contributed by atoms with van der Waals surface area (Å²) in [5, 5.41) is 38.1. The normalized spacial score (nSPS) is 15.3. The van der Waals surface area contributed by atoms with Crippen molar-refractivity contribution in [3.8, 4) is 29.1 Å². The molecule has 0 saturated carbocycles. The highest BCUT2D eigenvalue weighted by atomic mass is 16.6. The van der Waals surface area contributed by atoms with E-state index in [2.05, 4.69) is 15.4 Å². The Hall–Kier alpha value is -6.24. The van der Waals surface area contributed by atoms with Crippen molar-refractivity contribution in [2.45, 2.75) is 38.1 Å². The number of hydrogen-bond donors (Lipinski definition) is 2. The number of ether oxygens (including phenoxy) is 5. The molecule has 0 fully saturated rings. The molecule has 2 aliphatic rings. The van der Waals surface area contributed by atoms with Gasteiger partial charge in [-0.1, -0.05) is 60.7 Å². The average Bonchev–Trinajstić information content (AvgIpc) is 3.16. The fraction of sp³-hybridized carbons (Fsp3) is 0.297. The van der Waals surface area contributed by atoms with Crippen LogP contribution in [0.1, 0.15) is 22.3 Å². The molecule has 2 heterocycles. The van der Waals surface area contributed by atoms with Crippen LogP contribution in [0.5, 0.6) is 23.0 Å². The number of methoxy groups -OCH3 is 1. The summed E-state index contributed by atoms with van der Waals surface area (Å²) < 4.78 is 27.8. The van der Waals surface area contributed by atoms with Crippen molar-refractivity contribution in [1.82, 2.24) is 10.6 Å². The van der Waals surface area contributed by atoms with Crippen LogP contribution in [0.2, 0.25) is 0 Å². The van der Waals surface area contributed by atoms with Crippen molar-refractivity contribution in [3.05, 3.63) is 127 Å². The molecule has 0 bridgehead atoms. The molecule has 270 valence electrons. The Morgan fingerprint density at radius 3 is 1.67 bits per heavy atom. The quantitative estimate of drug-likeness (QED) is 0.109. The van der Waals surface area contributed by atoms with Gasteiger partial charge in [0, 0.05) is 38.3 Å². The van der Waals surface area contributed by atoms with E-state index in [9.17, 15) is 25.0 Å². The summed E-state index contributed by atoms with van der Waals surface area (Å²) in [6, 6.07) is 27.5.